The molecule has 0 saturated heterocycles. The third-order valence-corrected chi connectivity index (χ3v) is 4.18. The van der Waals surface area contributed by atoms with Gasteiger partial charge < -0.3 is 5.32 Å². The lowest BCUT2D eigenvalue weighted by Crippen LogP contribution is -2.01. The largest absolute Gasteiger partial charge is 0.381 e. The predicted octanol–water partition coefficient (Wildman–Crippen LogP) is 5.79. The van der Waals surface area contributed by atoms with E-state index in [4.69, 9.17) is 11.6 Å². The van der Waals surface area contributed by atoms with E-state index < -0.39 is 0 Å². The molecule has 0 aliphatic heterocycles. The Morgan fingerprint density at radius 3 is 2.67 bits per heavy atom. The van der Waals surface area contributed by atoms with Crippen molar-refractivity contribution < 1.29 is 0 Å². The molecule has 2 aromatic rings. The van der Waals surface area contributed by atoms with Crippen LogP contribution in [0.25, 0.3) is 0 Å². The van der Waals surface area contributed by atoms with Crippen LogP contribution in [0, 0.1) is 6.92 Å². The maximum absolute atomic E-state index is 6.00. The third kappa shape index (κ3) is 3.50. The molecule has 94 valence electrons. The van der Waals surface area contributed by atoms with Gasteiger partial charge in [0, 0.05) is 26.2 Å². The quantitative estimate of drug-likeness (QED) is 0.701. The Labute approximate surface area is 129 Å². The molecular formula is C14H12Br2ClN. The lowest BCUT2D eigenvalue weighted by Gasteiger charge is -2.11. The second-order valence-electron chi connectivity index (χ2n) is 4.05. The first kappa shape index (κ1) is 13.9. The van der Waals surface area contributed by atoms with Crippen LogP contribution in [0.5, 0.6) is 0 Å². The van der Waals surface area contributed by atoms with E-state index in [-0.39, 0.29) is 0 Å². The molecule has 0 aromatic heterocycles. The fourth-order valence-corrected chi connectivity index (χ4v) is 2.60. The average Bonchev–Trinajstić information content (AvgIpc) is 2.34. The molecule has 1 nitrogen and oxygen atoms in total. The van der Waals surface area contributed by atoms with Crippen molar-refractivity contribution in [2.75, 3.05) is 5.32 Å². The van der Waals surface area contributed by atoms with E-state index in [9.17, 15) is 0 Å². The predicted molar refractivity (Wildman–Crippen MR) is 85.4 cm³/mol. The van der Waals surface area contributed by atoms with Gasteiger partial charge in [0.25, 0.3) is 0 Å². The van der Waals surface area contributed by atoms with Crippen LogP contribution in [0.4, 0.5) is 5.69 Å². The van der Waals surface area contributed by atoms with Crippen LogP contribution in [0.2, 0.25) is 5.02 Å². The maximum Gasteiger partial charge on any atom is 0.0412 e. The maximum atomic E-state index is 6.00. The topological polar surface area (TPSA) is 12.0 Å². The van der Waals surface area contributed by atoms with Gasteiger partial charge in [0.1, 0.15) is 0 Å². The molecule has 0 amide bonds. The van der Waals surface area contributed by atoms with Crippen LogP contribution in [0.1, 0.15) is 11.1 Å². The van der Waals surface area contributed by atoms with Crippen LogP contribution in [0.15, 0.2) is 45.3 Å². The Balaban J connectivity index is 2.16. The van der Waals surface area contributed by atoms with Crippen LogP contribution in [-0.2, 0) is 6.54 Å². The molecule has 0 radical (unpaired) electrons. The van der Waals surface area contributed by atoms with Gasteiger partial charge in [-0.3, -0.25) is 0 Å². The van der Waals surface area contributed by atoms with Gasteiger partial charge in [0.05, 0.1) is 0 Å². The third-order valence-electron chi connectivity index (χ3n) is 2.68. The summed E-state index contributed by atoms with van der Waals surface area (Å²) in [5.74, 6) is 0. The zero-order chi connectivity index (χ0) is 13.1. The molecule has 18 heavy (non-hydrogen) atoms. The summed E-state index contributed by atoms with van der Waals surface area (Å²) in [5.41, 5.74) is 3.48. The smallest absolute Gasteiger partial charge is 0.0412 e. The molecule has 0 heterocycles. The summed E-state index contributed by atoms with van der Waals surface area (Å²) in [6.45, 7) is 2.82. The fourth-order valence-electron chi connectivity index (χ4n) is 1.65. The van der Waals surface area contributed by atoms with E-state index in [1.165, 1.54) is 5.56 Å². The molecule has 0 aliphatic rings. The van der Waals surface area contributed by atoms with Crippen LogP contribution < -0.4 is 5.32 Å². The Bertz CT molecular complexity index is 518. The van der Waals surface area contributed by atoms with Gasteiger partial charge in [-0.05, 0) is 48.4 Å². The van der Waals surface area contributed by atoms with Gasteiger partial charge in [-0.25, -0.2) is 0 Å². The Kier molecular flexibility index (Phi) is 4.71. The molecule has 0 fully saturated rings. The number of aryl methyl sites for hydroxylation is 1. The summed E-state index contributed by atoms with van der Waals surface area (Å²) in [6.07, 6.45) is 0. The number of hydrogen-bond acceptors (Lipinski definition) is 1. The molecule has 2 rings (SSSR count). The lowest BCUT2D eigenvalue weighted by atomic mass is 10.2. The van der Waals surface area contributed by atoms with Gasteiger partial charge in [0.15, 0.2) is 0 Å². The van der Waals surface area contributed by atoms with Gasteiger partial charge >= 0.3 is 0 Å². The first-order valence-electron chi connectivity index (χ1n) is 5.50. The Morgan fingerprint density at radius 1 is 1.11 bits per heavy atom. The van der Waals surface area contributed by atoms with Crippen LogP contribution in [0.3, 0.4) is 0 Å². The molecule has 0 atom stereocenters. The van der Waals surface area contributed by atoms with E-state index in [1.54, 1.807) is 0 Å². The number of benzene rings is 2. The minimum absolute atomic E-state index is 0.735. The number of anilines is 1. The van der Waals surface area contributed by atoms with Crippen molar-refractivity contribution in [1.29, 1.82) is 0 Å². The molecule has 0 bridgehead atoms. The van der Waals surface area contributed by atoms with Crippen molar-refractivity contribution in [2.24, 2.45) is 0 Å². The van der Waals surface area contributed by atoms with E-state index in [0.717, 1.165) is 31.8 Å². The van der Waals surface area contributed by atoms with E-state index in [1.807, 2.05) is 24.3 Å². The summed E-state index contributed by atoms with van der Waals surface area (Å²) in [7, 11) is 0. The SMILES string of the molecule is Cc1ccc(Br)cc1NCc1cc(Cl)ccc1Br. The van der Waals surface area contributed by atoms with Gasteiger partial charge in [-0.1, -0.05) is 49.5 Å². The average molecular weight is 390 g/mol. The zero-order valence-corrected chi connectivity index (χ0v) is 13.7. The monoisotopic (exact) mass is 387 g/mol. The van der Waals surface area contributed by atoms with Gasteiger partial charge in [-0.15, -0.1) is 0 Å². The second-order valence-corrected chi connectivity index (χ2v) is 6.25. The van der Waals surface area contributed by atoms with Crippen molar-refractivity contribution in [3.8, 4) is 0 Å². The minimum Gasteiger partial charge on any atom is -0.381 e. The highest BCUT2D eigenvalue weighted by molar-refractivity contribution is 9.10. The van der Waals surface area contributed by atoms with Crippen molar-refractivity contribution in [3.05, 3.63) is 61.5 Å². The Hall–Kier alpha value is -0.510. The number of nitrogens with one attached hydrogen (secondary N) is 1. The van der Waals surface area contributed by atoms with Crippen molar-refractivity contribution in [3.63, 3.8) is 0 Å². The first-order valence-corrected chi connectivity index (χ1v) is 7.46. The number of halogens is 3. The molecule has 1 N–H and O–H groups in total. The minimum atomic E-state index is 0.735. The first-order chi connectivity index (χ1) is 8.56. The highest BCUT2D eigenvalue weighted by Gasteiger charge is 2.03. The molecule has 4 heteroatoms. The summed E-state index contributed by atoms with van der Waals surface area (Å²) < 4.78 is 2.13. The molecule has 2 aromatic carbocycles. The number of rotatable bonds is 3. The molecule has 0 unspecified atom stereocenters. The highest BCUT2D eigenvalue weighted by Crippen LogP contribution is 2.24. The summed E-state index contributed by atoms with van der Waals surface area (Å²) in [4.78, 5) is 0. The number of hydrogen-bond donors (Lipinski definition) is 1. The highest BCUT2D eigenvalue weighted by atomic mass is 79.9. The molecule has 0 saturated carbocycles. The Morgan fingerprint density at radius 2 is 1.89 bits per heavy atom. The van der Waals surface area contributed by atoms with E-state index >= 15 is 0 Å². The van der Waals surface area contributed by atoms with Crippen LogP contribution >= 0.6 is 43.5 Å². The van der Waals surface area contributed by atoms with Crippen molar-refractivity contribution >= 4 is 49.1 Å². The van der Waals surface area contributed by atoms with Gasteiger partial charge in [-0.2, -0.15) is 0 Å². The standard InChI is InChI=1S/C14H12Br2ClN/c1-9-2-3-11(15)7-14(9)18-8-10-6-12(17)4-5-13(10)16/h2-7,18H,8H2,1H3. The van der Waals surface area contributed by atoms with E-state index in [0.29, 0.717) is 0 Å². The second kappa shape index (κ2) is 6.09. The van der Waals surface area contributed by atoms with Gasteiger partial charge in [0.2, 0.25) is 0 Å². The zero-order valence-electron chi connectivity index (χ0n) is 9.81. The van der Waals surface area contributed by atoms with E-state index in [2.05, 4.69) is 56.2 Å². The van der Waals surface area contributed by atoms with Crippen molar-refractivity contribution in [2.45, 2.75) is 13.5 Å². The lowest BCUT2D eigenvalue weighted by molar-refractivity contribution is 1.13. The van der Waals surface area contributed by atoms with Crippen molar-refractivity contribution in [1.82, 2.24) is 0 Å². The molecular weight excluding hydrogens is 377 g/mol. The molecule has 0 spiro atoms. The summed E-state index contributed by atoms with van der Waals surface area (Å²) >= 11 is 13.0. The normalized spacial score (nSPS) is 10.4. The summed E-state index contributed by atoms with van der Waals surface area (Å²) in [6, 6.07) is 12.0. The summed E-state index contributed by atoms with van der Waals surface area (Å²) in [5, 5.41) is 4.17. The molecule has 0 aliphatic carbocycles. The fraction of sp³-hybridized carbons (Fsp3) is 0.143. The van der Waals surface area contributed by atoms with Crippen LogP contribution in [-0.4, -0.2) is 0 Å².